The van der Waals surface area contributed by atoms with E-state index in [4.69, 9.17) is 11.6 Å². The average molecular weight is 312 g/mol. The van der Waals surface area contributed by atoms with Gasteiger partial charge in [0.05, 0.1) is 12.1 Å². The van der Waals surface area contributed by atoms with Crippen LogP contribution >= 0.6 is 11.6 Å². The minimum Gasteiger partial charge on any atom is -0.274 e. The Morgan fingerprint density at radius 2 is 1.86 bits per heavy atom. The Hall–Kier alpha value is -2.39. The zero-order valence-corrected chi connectivity index (χ0v) is 12.8. The molecule has 3 nitrogen and oxygen atoms in total. The second-order valence-corrected chi connectivity index (χ2v) is 5.71. The summed E-state index contributed by atoms with van der Waals surface area (Å²) in [5.74, 6) is -0.514. The fourth-order valence-electron chi connectivity index (χ4n) is 2.52. The number of nitrogens with zero attached hydrogens (tertiary/aromatic N) is 1. The van der Waals surface area contributed by atoms with Gasteiger partial charge in [0.2, 0.25) is 5.91 Å². The normalized spacial score (nSPS) is 16.6. The van der Waals surface area contributed by atoms with E-state index in [1.165, 1.54) is 4.90 Å². The summed E-state index contributed by atoms with van der Waals surface area (Å²) in [6.07, 6.45) is 1.89. The van der Waals surface area contributed by atoms with Gasteiger partial charge in [-0.25, -0.2) is 4.90 Å². The van der Waals surface area contributed by atoms with E-state index in [2.05, 4.69) is 0 Å². The maximum atomic E-state index is 12.5. The first-order valence-corrected chi connectivity index (χ1v) is 7.32. The summed E-state index contributed by atoms with van der Waals surface area (Å²) in [5.41, 5.74) is 3.03. The van der Waals surface area contributed by atoms with Gasteiger partial charge >= 0.3 is 0 Å². The molecule has 1 heterocycles. The maximum Gasteiger partial charge on any atom is 0.261 e. The number of amides is 2. The third kappa shape index (κ3) is 2.81. The molecule has 3 rings (SSSR count). The van der Waals surface area contributed by atoms with Crippen LogP contribution in [0.2, 0.25) is 5.02 Å². The van der Waals surface area contributed by atoms with Gasteiger partial charge in [-0.05, 0) is 36.8 Å². The third-order valence-corrected chi connectivity index (χ3v) is 3.75. The molecule has 1 aliphatic rings. The molecule has 2 aromatic carbocycles. The molecule has 0 unspecified atom stereocenters. The molecule has 0 aromatic heterocycles. The fourth-order valence-corrected chi connectivity index (χ4v) is 2.71. The molecule has 0 saturated carbocycles. The summed E-state index contributed by atoms with van der Waals surface area (Å²) >= 11 is 5.94. The number of hydrogen-bond acceptors (Lipinski definition) is 2. The molecule has 0 spiro atoms. The molecule has 0 atom stereocenters. The molecule has 1 aliphatic heterocycles. The summed E-state index contributed by atoms with van der Waals surface area (Å²) in [6.45, 7) is 1.99. The Morgan fingerprint density at radius 1 is 1.09 bits per heavy atom. The number of carbonyl (C=O) groups excluding carboxylic acids is 2. The maximum absolute atomic E-state index is 12.5. The van der Waals surface area contributed by atoms with E-state index in [-0.39, 0.29) is 18.2 Å². The van der Waals surface area contributed by atoms with Gasteiger partial charge in [-0.15, -0.1) is 0 Å². The minimum absolute atomic E-state index is 0.110. The van der Waals surface area contributed by atoms with Crippen LogP contribution in [0, 0.1) is 6.92 Å². The lowest BCUT2D eigenvalue weighted by molar-refractivity contribution is -0.120. The van der Waals surface area contributed by atoms with Crippen LogP contribution in [-0.2, 0) is 9.59 Å². The van der Waals surface area contributed by atoms with E-state index in [0.29, 0.717) is 16.3 Å². The van der Waals surface area contributed by atoms with Crippen LogP contribution in [0.5, 0.6) is 0 Å². The smallest absolute Gasteiger partial charge is 0.261 e. The first-order chi connectivity index (χ1) is 10.5. The van der Waals surface area contributed by atoms with E-state index in [1.54, 1.807) is 30.3 Å². The Kier molecular flexibility index (Phi) is 3.82. The number of imide groups is 1. The van der Waals surface area contributed by atoms with Crippen LogP contribution in [0.3, 0.4) is 0 Å². The van der Waals surface area contributed by atoms with Gasteiger partial charge < -0.3 is 0 Å². The molecule has 2 amide bonds. The first-order valence-electron chi connectivity index (χ1n) is 6.95. The van der Waals surface area contributed by atoms with Crippen molar-refractivity contribution in [3.63, 3.8) is 0 Å². The molecule has 1 fully saturated rings. The van der Waals surface area contributed by atoms with Crippen LogP contribution < -0.4 is 4.90 Å². The predicted octanol–water partition coefficient (Wildman–Crippen LogP) is 4.00. The number of halogens is 1. The topological polar surface area (TPSA) is 37.4 Å². The third-order valence-electron chi connectivity index (χ3n) is 3.52. The van der Waals surface area contributed by atoms with Crippen molar-refractivity contribution in [2.45, 2.75) is 13.3 Å². The number of rotatable bonds is 2. The highest BCUT2D eigenvalue weighted by Gasteiger charge is 2.34. The number of hydrogen-bond donors (Lipinski definition) is 0. The van der Waals surface area contributed by atoms with Crippen LogP contribution in [0.1, 0.15) is 17.5 Å². The first kappa shape index (κ1) is 14.5. The molecule has 0 radical (unpaired) electrons. The Morgan fingerprint density at radius 3 is 2.59 bits per heavy atom. The van der Waals surface area contributed by atoms with Gasteiger partial charge in [-0.2, -0.15) is 0 Å². The molecule has 22 heavy (non-hydrogen) atoms. The van der Waals surface area contributed by atoms with Crippen LogP contribution in [-0.4, -0.2) is 11.8 Å². The monoisotopic (exact) mass is 311 g/mol. The zero-order chi connectivity index (χ0) is 15.7. The molecule has 0 bridgehead atoms. The lowest BCUT2D eigenvalue weighted by atomic mass is 10.1. The van der Waals surface area contributed by atoms with Crippen molar-refractivity contribution in [3.8, 4) is 0 Å². The van der Waals surface area contributed by atoms with E-state index in [9.17, 15) is 9.59 Å². The van der Waals surface area contributed by atoms with E-state index >= 15 is 0 Å². The highest BCUT2D eigenvalue weighted by molar-refractivity contribution is 6.32. The van der Waals surface area contributed by atoms with Gasteiger partial charge in [0.15, 0.2) is 0 Å². The van der Waals surface area contributed by atoms with Crippen LogP contribution in [0.25, 0.3) is 6.08 Å². The standard InChI is InChI=1S/C18H14ClNO2/c1-12-4-2-5-13(8-12)9-14-10-17(21)20(18(14)22)16-7-3-6-15(19)11-16/h2-9,11H,10H2,1H3/b14-9+. The Labute approximate surface area is 133 Å². The van der Waals surface area contributed by atoms with Gasteiger partial charge in [0, 0.05) is 10.6 Å². The Bertz CT molecular complexity index is 795. The van der Waals surface area contributed by atoms with Gasteiger partial charge in [-0.3, -0.25) is 9.59 Å². The zero-order valence-electron chi connectivity index (χ0n) is 12.0. The second-order valence-electron chi connectivity index (χ2n) is 5.27. The van der Waals surface area contributed by atoms with Crippen molar-refractivity contribution in [2.75, 3.05) is 4.90 Å². The SMILES string of the molecule is Cc1cccc(/C=C2\CC(=O)N(c3cccc(Cl)c3)C2=O)c1. The van der Waals surface area contributed by atoms with Crippen molar-refractivity contribution < 1.29 is 9.59 Å². The molecule has 0 aliphatic carbocycles. The number of benzene rings is 2. The summed E-state index contributed by atoms with van der Waals surface area (Å²) in [5, 5.41) is 0.495. The number of anilines is 1. The van der Waals surface area contributed by atoms with Gasteiger partial charge in [0.1, 0.15) is 0 Å². The quantitative estimate of drug-likeness (QED) is 0.621. The molecule has 0 N–H and O–H groups in total. The highest BCUT2D eigenvalue weighted by Crippen LogP contribution is 2.29. The molecule has 4 heteroatoms. The van der Waals surface area contributed by atoms with Gasteiger partial charge in [-0.1, -0.05) is 47.5 Å². The second kappa shape index (κ2) is 5.78. The lowest BCUT2D eigenvalue weighted by Gasteiger charge is -2.13. The van der Waals surface area contributed by atoms with Crippen molar-refractivity contribution >= 4 is 35.2 Å². The molecule has 1 saturated heterocycles. The van der Waals surface area contributed by atoms with Crippen molar-refractivity contribution in [2.24, 2.45) is 0 Å². The highest BCUT2D eigenvalue weighted by atomic mass is 35.5. The number of aryl methyl sites for hydroxylation is 1. The summed E-state index contributed by atoms with van der Waals surface area (Å²) < 4.78 is 0. The minimum atomic E-state index is -0.284. The lowest BCUT2D eigenvalue weighted by Crippen LogP contribution is -2.28. The van der Waals surface area contributed by atoms with Crippen LogP contribution in [0.4, 0.5) is 5.69 Å². The van der Waals surface area contributed by atoms with Crippen molar-refractivity contribution in [3.05, 3.63) is 70.3 Å². The summed E-state index contributed by atoms with van der Waals surface area (Å²) in [4.78, 5) is 25.9. The Balaban J connectivity index is 1.95. The molecular formula is C18H14ClNO2. The fraction of sp³-hybridized carbons (Fsp3) is 0.111. The largest absolute Gasteiger partial charge is 0.274 e. The number of carbonyl (C=O) groups is 2. The summed E-state index contributed by atoms with van der Waals surface area (Å²) in [7, 11) is 0. The molecular weight excluding hydrogens is 298 g/mol. The molecule has 110 valence electrons. The van der Waals surface area contributed by atoms with E-state index < -0.39 is 0 Å². The van der Waals surface area contributed by atoms with E-state index in [1.807, 2.05) is 31.2 Å². The van der Waals surface area contributed by atoms with E-state index in [0.717, 1.165) is 11.1 Å². The van der Waals surface area contributed by atoms with Gasteiger partial charge in [0.25, 0.3) is 5.91 Å². The van der Waals surface area contributed by atoms with Crippen LogP contribution in [0.15, 0.2) is 54.1 Å². The molecule has 2 aromatic rings. The van der Waals surface area contributed by atoms with Crippen molar-refractivity contribution in [1.82, 2.24) is 0 Å². The summed E-state index contributed by atoms with van der Waals surface area (Å²) in [6, 6.07) is 14.6. The predicted molar refractivity (Wildman–Crippen MR) is 87.7 cm³/mol. The average Bonchev–Trinajstić information content (AvgIpc) is 2.73. The van der Waals surface area contributed by atoms with Crippen molar-refractivity contribution in [1.29, 1.82) is 0 Å².